The van der Waals surface area contributed by atoms with Gasteiger partial charge in [0.2, 0.25) is 10.2 Å². The van der Waals surface area contributed by atoms with Crippen molar-refractivity contribution in [1.29, 1.82) is 5.26 Å². The Morgan fingerprint density at radius 1 is 0.705 bits per heavy atom. The lowest BCUT2D eigenvalue weighted by Gasteiger charge is -2.60. The summed E-state index contributed by atoms with van der Waals surface area (Å²) >= 11 is 5.02. The second kappa shape index (κ2) is 23.9. The zero-order valence-corrected chi connectivity index (χ0v) is 53.4. The molecule has 0 spiro atoms. The number of aliphatic hydroxyl groups excluding tert-OH is 2. The van der Waals surface area contributed by atoms with Crippen molar-refractivity contribution >= 4 is 64.3 Å². The first-order valence-corrected chi connectivity index (χ1v) is 33.4. The van der Waals surface area contributed by atoms with Crippen LogP contribution in [0.3, 0.4) is 0 Å². The monoisotopic (exact) mass is 1240 g/mol. The number of thiol groups is 1. The number of nitrogens with zero attached hydrogens (tertiary/aromatic N) is 5. The number of ketones is 2. The maximum absolute atomic E-state index is 13.9. The minimum atomic E-state index is -1.48. The molecule has 0 aliphatic heterocycles. The number of rotatable bonds is 17. The van der Waals surface area contributed by atoms with Gasteiger partial charge in [-0.15, -0.1) is 12.6 Å². The molecule has 0 radical (unpaired) electrons. The summed E-state index contributed by atoms with van der Waals surface area (Å²) in [6.07, 6.45) is 19.1. The van der Waals surface area contributed by atoms with Gasteiger partial charge in [-0.1, -0.05) is 74.9 Å². The van der Waals surface area contributed by atoms with Crippen LogP contribution < -0.4 is 0 Å². The van der Waals surface area contributed by atoms with Crippen LogP contribution in [0.5, 0.6) is 0 Å². The van der Waals surface area contributed by atoms with E-state index in [1.165, 1.54) is 11.1 Å². The van der Waals surface area contributed by atoms with E-state index >= 15 is 0 Å². The van der Waals surface area contributed by atoms with Crippen LogP contribution in [0.15, 0.2) is 72.1 Å². The lowest BCUT2D eigenvalue weighted by Crippen LogP contribution is -2.62. The first kappa shape index (κ1) is 62.7. The molecule has 0 amide bonds. The van der Waals surface area contributed by atoms with Gasteiger partial charge in [0.1, 0.15) is 5.60 Å². The van der Waals surface area contributed by atoms with Crippen molar-refractivity contribution in [2.75, 3.05) is 33.2 Å². The Morgan fingerprint density at radius 3 is 1.67 bits per heavy atom. The van der Waals surface area contributed by atoms with E-state index in [0.29, 0.717) is 75.7 Å². The zero-order valence-electron chi connectivity index (χ0n) is 51.7. The highest BCUT2D eigenvalue weighted by molar-refractivity contribution is 8.14. The largest absolute Gasteiger partial charge is 0.449 e. The fraction of sp³-hybridized carbons (Fsp3) is 0.600. The minimum Gasteiger partial charge on any atom is -0.449 e. The predicted molar refractivity (Wildman–Crippen MR) is 336 cm³/mol. The Balaban J connectivity index is 0.000000174. The summed E-state index contributed by atoms with van der Waals surface area (Å²) in [7, 11) is 3.28. The number of fused-ring (bicyclic) bond motifs is 12. The molecule has 9 aliphatic carbocycles. The minimum absolute atomic E-state index is 0.00808. The van der Waals surface area contributed by atoms with E-state index in [-0.39, 0.29) is 80.7 Å². The summed E-state index contributed by atoms with van der Waals surface area (Å²) in [5.74, 6) is 0.439. The van der Waals surface area contributed by atoms with Crippen molar-refractivity contribution < 1.29 is 53.5 Å². The number of hydrogen-bond acceptors (Lipinski definition) is 15. The van der Waals surface area contributed by atoms with E-state index in [1.807, 2.05) is 77.2 Å². The number of aliphatic hydroxyl groups is 3. The van der Waals surface area contributed by atoms with Gasteiger partial charge in [0.05, 0.1) is 65.1 Å². The number of Topliss-reactive ketones (excluding diaryl/α,β-unsaturated/α-hetero) is 2. The van der Waals surface area contributed by atoms with Crippen LogP contribution in [0, 0.1) is 74.4 Å². The van der Waals surface area contributed by atoms with E-state index in [0.717, 1.165) is 110 Å². The average molecular weight is 1240 g/mol. The molecule has 3 N–H and O–H groups in total. The fourth-order valence-corrected chi connectivity index (χ4v) is 20.3. The molecule has 2 heterocycles. The van der Waals surface area contributed by atoms with Gasteiger partial charge < -0.3 is 29.5 Å². The maximum Gasteiger partial charge on any atom is 0.309 e. The highest BCUT2D eigenvalue weighted by Gasteiger charge is 2.72. The molecule has 4 aromatic rings. The third-order valence-electron chi connectivity index (χ3n) is 23.6. The average Bonchev–Trinajstić information content (AvgIpc) is 1.37. The van der Waals surface area contributed by atoms with Gasteiger partial charge in [-0.05, 0) is 197 Å². The summed E-state index contributed by atoms with van der Waals surface area (Å²) in [6, 6.07) is 17.4. The zero-order chi connectivity index (χ0) is 62.3. The number of aromatic nitrogens is 4. The number of thioether (sulfide) groups is 1. The molecule has 88 heavy (non-hydrogen) atoms. The van der Waals surface area contributed by atoms with Gasteiger partial charge in [0.15, 0.2) is 17.2 Å². The second-order valence-electron chi connectivity index (χ2n) is 28.1. The quantitative estimate of drug-likeness (QED) is 0.0333. The van der Waals surface area contributed by atoms with E-state index in [4.69, 9.17) is 24.4 Å². The van der Waals surface area contributed by atoms with Crippen LogP contribution in [0.1, 0.15) is 174 Å². The number of nitriles is 1. The van der Waals surface area contributed by atoms with Gasteiger partial charge >= 0.3 is 5.97 Å². The lowest BCUT2D eigenvalue weighted by atomic mass is 9.45. The molecule has 13 rings (SSSR count). The third-order valence-corrected chi connectivity index (χ3v) is 24.8. The number of carbonyl (C=O) groups excluding carboxylic acids is 5. The van der Waals surface area contributed by atoms with E-state index in [1.54, 1.807) is 14.2 Å². The van der Waals surface area contributed by atoms with Gasteiger partial charge in [-0.2, -0.15) is 15.5 Å². The summed E-state index contributed by atoms with van der Waals surface area (Å²) in [6.45, 7) is 9.73. The van der Waals surface area contributed by atoms with Gasteiger partial charge in [-0.25, -0.2) is 9.36 Å². The van der Waals surface area contributed by atoms with Crippen LogP contribution in [-0.4, -0.2) is 119 Å². The topological polar surface area (TPSA) is 233 Å². The van der Waals surface area contributed by atoms with Gasteiger partial charge in [0, 0.05) is 62.2 Å². The number of allylic oxidation sites excluding steroid dienone is 2. The molecule has 16 nitrogen and oxygen atoms in total. The number of benzene rings is 2. The van der Waals surface area contributed by atoms with Crippen LogP contribution in [0.2, 0.25) is 0 Å². The molecule has 7 saturated carbocycles. The van der Waals surface area contributed by atoms with Crippen LogP contribution in [0.25, 0.3) is 23.5 Å². The molecule has 0 unspecified atom stereocenters. The number of ether oxygens (including phenoxy) is 3. The Kier molecular flexibility index (Phi) is 17.0. The van der Waals surface area contributed by atoms with Gasteiger partial charge in [0.25, 0.3) is 0 Å². The molecule has 18 heteroatoms. The molecule has 0 bridgehead atoms. The molecule has 0 saturated heterocycles. The standard InChI is InChI=1S/C38H45N3O6S.C32H40N2O5S/c1-36-20-25-22-40-41(27-7-4-6-24(18-27)31(42)8-5-16-46-3)30(25)19-26(36)11-12-28-29-13-14-38(35(45)48-17-15-39,47-34(44)23-9-10-23)37(29,2)21-32(43)33(28)36;1-30-16-20-18-33-34(22-7-4-6-19(14-22)26(35)8-5-13-39-3)25(20)15-21(30)9-10-23-24-11-12-32(38,29(37)40)31(24,2)17-27(36)28(23)30/h4,6-7,18-19,22-23,28-29,32-33,43H,5,8-14,16-17,20-21H2,1-3H3;4,6-7,14-15,18,23-24,27-28,36,38H,5,8-13,16-17H2,1-3H3,(H,37,40)/t28-,29-,32-,33+,36-,37-,38-;23-,24-,27-,28+,30-,31-,32-/m00/s1. The molecule has 2 aromatic heterocycles. The van der Waals surface area contributed by atoms with E-state index in [9.17, 15) is 44.6 Å². The molecule has 14 atom stereocenters. The normalized spacial score (nSPS) is 34.6. The summed E-state index contributed by atoms with van der Waals surface area (Å²) in [4.78, 5) is 65.1. The predicted octanol–water partition coefficient (Wildman–Crippen LogP) is 10.9. The van der Waals surface area contributed by atoms with Crippen LogP contribution in [-0.2, 0) is 41.4 Å². The van der Waals surface area contributed by atoms with E-state index in [2.05, 4.69) is 51.6 Å². The Morgan fingerprint density at radius 2 is 1.19 bits per heavy atom. The number of carbonyl (C=O) groups is 5. The van der Waals surface area contributed by atoms with Crippen LogP contribution >= 0.6 is 24.4 Å². The fourth-order valence-electron chi connectivity index (χ4n) is 19.1. The Bertz CT molecular complexity index is 3550. The first-order valence-electron chi connectivity index (χ1n) is 32.0. The molecular formula is C70H85N5O11S2. The van der Waals surface area contributed by atoms with Crippen LogP contribution in [0.4, 0.5) is 0 Å². The third kappa shape index (κ3) is 10.3. The summed E-state index contributed by atoms with van der Waals surface area (Å²) < 4.78 is 20.3. The van der Waals surface area contributed by atoms with Crippen molar-refractivity contribution in [3.63, 3.8) is 0 Å². The van der Waals surface area contributed by atoms with Gasteiger partial charge in [-0.3, -0.25) is 24.0 Å². The number of esters is 1. The SMILES string of the molecule is COCCCC(=O)c1cccc(-n2ncc3c2C=C2CC[C@@H]4[C@H]([C@@H](O)C[C@@]5(C)[C@H]4CC[C@]5(O)C(=O)S)[C@@]2(C)C3)c1.COCCCC(=O)c1cccc(-n2ncc3c2C=C2CC[C@@H]4[C@H]([C@@H](O)C[C@@]5(C)[C@H]4CC[C@]5(OC(=O)C4CC4)C(=O)SCC#N)[C@@]2(C)C3)c1. The molecule has 2 aromatic carbocycles. The van der Waals surface area contributed by atoms with Crippen molar-refractivity contribution in [1.82, 2.24) is 19.6 Å². The lowest BCUT2D eigenvalue weighted by molar-refractivity contribution is -0.197. The molecule has 9 aliphatic rings. The highest BCUT2D eigenvalue weighted by Crippen LogP contribution is 2.70. The summed E-state index contributed by atoms with van der Waals surface area (Å²) in [5.41, 5.74) is 5.28. The Hall–Kier alpha value is -5.52. The maximum atomic E-state index is 13.9. The molecule has 7 fully saturated rings. The second-order valence-corrected chi connectivity index (χ2v) is 29.5. The smallest absolute Gasteiger partial charge is 0.309 e. The van der Waals surface area contributed by atoms with Crippen molar-refractivity contribution in [2.45, 2.75) is 167 Å². The number of hydrogen-bond donors (Lipinski definition) is 4. The highest BCUT2D eigenvalue weighted by atomic mass is 32.2. The Labute approximate surface area is 526 Å². The van der Waals surface area contributed by atoms with Crippen molar-refractivity contribution in [3.8, 4) is 17.4 Å². The van der Waals surface area contributed by atoms with Crippen molar-refractivity contribution in [3.05, 3.63) is 106 Å². The molecular weight excluding hydrogens is 1150 g/mol. The summed E-state index contributed by atoms with van der Waals surface area (Å²) in [5, 5.41) is 53.3. The first-order chi connectivity index (χ1) is 42.1. The van der Waals surface area contributed by atoms with Crippen molar-refractivity contribution in [2.24, 2.45) is 63.1 Å². The number of methoxy groups -OCH3 is 2. The van der Waals surface area contributed by atoms with E-state index < -0.39 is 39.4 Å². The molecule has 468 valence electrons.